The van der Waals surface area contributed by atoms with Gasteiger partial charge in [-0.05, 0) is 58.6 Å². The van der Waals surface area contributed by atoms with Crippen LogP contribution in [0.2, 0.25) is 5.02 Å². The molecular weight excluding hydrogens is 357 g/mol. The van der Waals surface area contributed by atoms with Crippen LogP contribution in [-0.4, -0.2) is 28.1 Å². The van der Waals surface area contributed by atoms with E-state index in [1.165, 1.54) is 6.07 Å². The Balaban J connectivity index is 2.03. The molecule has 3 aromatic rings. The van der Waals surface area contributed by atoms with Gasteiger partial charge >= 0.3 is 0 Å². The van der Waals surface area contributed by atoms with E-state index in [0.29, 0.717) is 11.9 Å². The van der Waals surface area contributed by atoms with Crippen LogP contribution in [0.4, 0.5) is 10.1 Å². The maximum absolute atomic E-state index is 13.6. The second-order valence-corrected chi connectivity index (χ2v) is 6.87. The van der Waals surface area contributed by atoms with Gasteiger partial charge in [0.05, 0.1) is 10.5 Å². The number of nitroso groups, excluding NO2 is 1. The number of fused-ring (bicyclic) bond motifs is 3. The van der Waals surface area contributed by atoms with Crippen molar-refractivity contribution in [3.63, 3.8) is 0 Å². The summed E-state index contributed by atoms with van der Waals surface area (Å²) in [7, 11) is 0. The fraction of sp³-hybridized carbons (Fsp3) is 0.263. The average Bonchev–Trinajstić information content (AvgIpc) is 2.98. The summed E-state index contributed by atoms with van der Waals surface area (Å²) in [6, 6.07) is 6.43. The highest BCUT2D eigenvalue weighted by atomic mass is 35.5. The molecule has 1 aliphatic rings. The molecule has 0 aliphatic carbocycles. The summed E-state index contributed by atoms with van der Waals surface area (Å²) in [5.41, 5.74) is 4.51. The minimum atomic E-state index is -0.475. The smallest absolute Gasteiger partial charge is 0.219 e. The highest BCUT2D eigenvalue weighted by Gasteiger charge is 2.25. The fourth-order valence-electron chi connectivity index (χ4n) is 3.73. The van der Waals surface area contributed by atoms with Crippen LogP contribution < -0.4 is 0 Å². The molecule has 0 unspecified atom stereocenters. The molecule has 26 heavy (non-hydrogen) atoms. The van der Waals surface area contributed by atoms with Gasteiger partial charge in [0.25, 0.3) is 0 Å². The first-order chi connectivity index (χ1) is 12.5. The summed E-state index contributed by atoms with van der Waals surface area (Å²) in [6.07, 6.45) is 0.813. The van der Waals surface area contributed by atoms with Crippen LogP contribution in [0.3, 0.4) is 0 Å². The van der Waals surface area contributed by atoms with E-state index < -0.39 is 5.82 Å². The Labute approximate surface area is 154 Å². The van der Waals surface area contributed by atoms with E-state index in [4.69, 9.17) is 11.6 Å². The quantitative estimate of drug-likeness (QED) is 0.627. The molecule has 0 saturated carbocycles. The summed E-state index contributed by atoms with van der Waals surface area (Å²) >= 11 is 5.98. The van der Waals surface area contributed by atoms with Crippen LogP contribution in [0.25, 0.3) is 22.0 Å². The number of hydrogen-bond donors (Lipinski definition) is 2. The molecule has 0 atom stereocenters. The van der Waals surface area contributed by atoms with Crippen LogP contribution >= 0.6 is 11.6 Å². The van der Waals surface area contributed by atoms with Gasteiger partial charge in [0, 0.05) is 18.5 Å². The number of aromatic amines is 1. The minimum Gasteiger partial charge on any atom is -0.493 e. The van der Waals surface area contributed by atoms with Gasteiger partial charge in [-0.1, -0.05) is 24.6 Å². The Morgan fingerprint density at radius 3 is 2.85 bits per heavy atom. The molecule has 4 rings (SSSR count). The second-order valence-electron chi connectivity index (χ2n) is 6.46. The largest absolute Gasteiger partial charge is 0.493 e. The van der Waals surface area contributed by atoms with Crippen LogP contribution in [0, 0.1) is 10.7 Å². The molecule has 5 nitrogen and oxygen atoms in total. The maximum atomic E-state index is 13.6. The van der Waals surface area contributed by atoms with Crippen molar-refractivity contribution < 1.29 is 9.50 Å². The van der Waals surface area contributed by atoms with Gasteiger partial charge in [0.2, 0.25) is 5.88 Å². The third-order valence-electron chi connectivity index (χ3n) is 5.10. The van der Waals surface area contributed by atoms with Crippen molar-refractivity contribution in [1.29, 1.82) is 0 Å². The lowest BCUT2D eigenvalue weighted by molar-refractivity contribution is 0.269. The summed E-state index contributed by atoms with van der Waals surface area (Å²) in [5, 5.41) is 13.7. The third-order valence-corrected chi connectivity index (χ3v) is 5.39. The summed E-state index contributed by atoms with van der Waals surface area (Å²) in [5.74, 6) is -0.711. The zero-order valence-corrected chi connectivity index (χ0v) is 14.9. The number of hydrogen-bond acceptors (Lipinski definition) is 4. The number of aromatic hydroxyl groups is 1. The van der Waals surface area contributed by atoms with Crippen LogP contribution in [0.15, 0.2) is 29.4 Å². The van der Waals surface area contributed by atoms with Crippen LogP contribution in [-0.2, 0) is 13.0 Å². The fourth-order valence-corrected chi connectivity index (χ4v) is 3.91. The van der Waals surface area contributed by atoms with Crippen molar-refractivity contribution in [1.82, 2.24) is 9.88 Å². The summed E-state index contributed by atoms with van der Waals surface area (Å²) < 4.78 is 13.6. The molecule has 0 fully saturated rings. The topological polar surface area (TPSA) is 68.7 Å². The van der Waals surface area contributed by atoms with Crippen LogP contribution in [0.5, 0.6) is 5.88 Å². The zero-order chi connectivity index (χ0) is 18.4. The molecule has 0 bridgehead atoms. The number of H-pyrrole nitrogens is 1. The Morgan fingerprint density at radius 2 is 2.15 bits per heavy atom. The highest BCUT2D eigenvalue weighted by molar-refractivity contribution is 6.31. The van der Waals surface area contributed by atoms with Crippen molar-refractivity contribution in [3.8, 4) is 17.0 Å². The van der Waals surface area contributed by atoms with E-state index >= 15 is 0 Å². The summed E-state index contributed by atoms with van der Waals surface area (Å²) in [6.45, 7) is 4.60. The van der Waals surface area contributed by atoms with Crippen LogP contribution in [0.1, 0.15) is 18.1 Å². The normalized spacial score (nSPS) is 14.6. The molecule has 7 heteroatoms. The van der Waals surface area contributed by atoms with Gasteiger partial charge in [-0.2, -0.15) is 0 Å². The van der Waals surface area contributed by atoms with Crippen molar-refractivity contribution in [2.45, 2.75) is 19.9 Å². The maximum Gasteiger partial charge on any atom is 0.219 e. The number of nitrogens with zero attached hydrogens (tertiary/aromatic N) is 2. The second kappa shape index (κ2) is 6.37. The molecular formula is C19H17ClFN3O2. The van der Waals surface area contributed by atoms with Gasteiger partial charge in [-0.15, -0.1) is 4.91 Å². The molecule has 1 aromatic heterocycles. The average molecular weight is 374 g/mol. The van der Waals surface area contributed by atoms with E-state index in [0.717, 1.165) is 47.3 Å². The van der Waals surface area contributed by atoms with Crippen molar-refractivity contribution >= 4 is 28.2 Å². The van der Waals surface area contributed by atoms with Crippen molar-refractivity contribution in [2.75, 3.05) is 13.1 Å². The Morgan fingerprint density at radius 1 is 1.35 bits per heavy atom. The van der Waals surface area contributed by atoms with Gasteiger partial charge in [-0.25, -0.2) is 4.39 Å². The van der Waals surface area contributed by atoms with E-state index in [9.17, 15) is 14.4 Å². The molecule has 134 valence electrons. The molecule has 0 spiro atoms. The molecule has 2 aromatic carbocycles. The van der Waals surface area contributed by atoms with Gasteiger partial charge in [-0.3, -0.25) is 4.90 Å². The number of aromatic nitrogens is 1. The predicted octanol–water partition coefficient (Wildman–Crippen LogP) is 5.11. The number of halogens is 2. The first kappa shape index (κ1) is 17.0. The first-order valence-corrected chi connectivity index (χ1v) is 8.81. The van der Waals surface area contributed by atoms with Gasteiger partial charge in [0.1, 0.15) is 5.82 Å². The Bertz CT molecular complexity index is 1030. The number of rotatable bonds is 3. The monoisotopic (exact) mass is 373 g/mol. The van der Waals surface area contributed by atoms with E-state index in [1.54, 1.807) is 12.1 Å². The molecule has 0 radical (unpaired) electrons. The standard InChI is InChI=1S/C19H17ClFN3O2/c1-2-24-6-5-11-12(10-3-4-16(21)15(20)7-10)8-13-17(14(11)9-24)22-19(25)18(13)23-26/h3-4,7-8,22,25H,2,5-6,9H2,1H3. The Hall–Kier alpha value is -2.44. The van der Waals surface area contributed by atoms with Crippen molar-refractivity contribution in [2.24, 2.45) is 5.18 Å². The lowest BCUT2D eigenvalue weighted by atomic mass is 9.88. The third kappa shape index (κ3) is 2.57. The zero-order valence-electron chi connectivity index (χ0n) is 14.1. The Kier molecular flexibility index (Phi) is 4.17. The first-order valence-electron chi connectivity index (χ1n) is 8.44. The van der Waals surface area contributed by atoms with E-state index in [2.05, 4.69) is 22.0 Å². The van der Waals surface area contributed by atoms with Gasteiger partial charge in [0.15, 0.2) is 5.69 Å². The molecule has 2 heterocycles. The lowest BCUT2D eigenvalue weighted by Gasteiger charge is -2.29. The lowest BCUT2D eigenvalue weighted by Crippen LogP contribution is -2.30. The van der Waals surface area contributed by atoms with E-state index in [-0.39, 0.29) is 16.6 Å². The highest BCUT2D eigenvalue weighted by Crippen LogP contribution is 2.43. The number of benzene rings is 2. The number of nitrogens with one attached hydrogen (secondary N) is 1. The predicted molar refractivity (Wildman–Crippen MR) is 100 cm³/mol. The van der Waals surface area contributed by atoms with Gasteiger partial charge < -0.3 is 10.1 Å². The number of likely N-dealkylation sites (N-methyl/N-ethyl adjacent to an activating group) is 1. The molecule has 0 saturated heterocycles. The van der Waals surface area contributed by atoms with E-state index in [1.807, 2.05) is 6.07 Å². The SMILES string of the molecule is CCN1CCc2c(-c3ccc(F)c(Cl)c3)cc3c(N=O)c(O)[nH]c3c2C1. The van der Waals surface area contributed by atoms with Crippen molar-refractivity contribution in [3.05, 3.63) is 51.1 Å². The molecule has 0 amide bonds. The summed E-state index contributed by atoms with van der Waals surface area (Å²) in [4.78, 5) is 16.4. The minimum absolute atomic E-state index is 0.00844. The molecule has 1 aliphatic heterocycles. The molecule has 2 N–H and O–H groups in total.